The lowest BCUT2D eigenvalue weighted by atomic mass is 9.71. The maximum Gasteiger partial charge on any atom is 0.140 e. The predicted molar refractivity (Wildman–Crippen MR) is 69.9 cm³/mol. The van der Waals surface area contributed by atoms with Gasteiger partial charge in [-0.15, -0.1) is 0 Å². The Hall–Kier alpha value is -0.410. The highest BCUT2D eigenvalue weighted by atomic mass is 16.5. The summed E-state index contributed by atoms with van der Waals surface area (Å²) < 4.78 is 5.55. The Kier molecular flexibility index (Phi) is 4.73. The van der Waals surface area contributed by atoms with Crippen molar-refractivity contribution in [3.8, 4) is 0 Å². The molecule has 1 atom stereocenters. The van der Waals surface area contributed by atoms with E-state index in [0.717, 1.165) is 25.9 Å². The van der Waals surface area contributed by atoms with Crippen LogP contribution >= 0.6 is 0 Å². The quantitative estimate of drug-likeness (QED) is 0.778. The zero-order chi connectivity index (χ0) is 13.1. The average Bonchev–Trinajstić information content (AvgIpc) is 2.68. The van der Waals surface area contributed by atoms with Crippen molar-refractivity contribution >= 4 is 5.78 Å². The smallest absolute Gasteiger partial charge is 0.140 e. The second-order valence-corrected chi connectivity index (χ2v) is 6.30. The predicted octanol–water partition coefficient (Wildman–Crippen LogP) is 2.67. The number of hydrogen-bond acceptors (Lipinski definition) is 3. The first-order valence-corrected chi connectivity index (χ1v) is 6.69. The van der Waals surface area contributed by atoms with E-state index >= 15 is 0 Å². The van der Waals surface area contributed by atoms with E-state index in [-0.39, 0.29) is 5.78 Å². The lowest BCUT2D eigenvalue weighted by Crippen LogP contribution is -2.51. The third-order valence-electron chi connectivity index (χ3n) is 4.26. The van der Waals surface area contributed by atoms with E-state index in [1.807, 2.05) is 27.7 Å². The van der Waals surface area contributed by atoms with Gasteiger partial charge in [-0.1, -0.05) is 13.8 Å². The van der Waals surface area contributed by atoms with Crippen LogP contribution in [0.15, 0.2) is 0 Å². The van der Waals surface area contributed by atoms with Gasteiger partial charge in [0.05, 0.1) is 6.10 Å². The molecule has 1 saturated heterocycles. The molecule has 3 heteroatoms. The van der Waals surface area contributed by atoms with Crippen molar-refractivity contribution in [1.29, 1.82) is 0 Å². The van der Waals surface area contributed by atoms with Crippen LogP contribution < -0.4 is 5.73 Å². The number of ether oxygens (including phenoxy) is 1. The summed E-state index contributed by atoms with van der Waals surface area (Å²) in [5, 5.41) is 0. The first kappa shape index (κ1) is 14.7. The minimum absolute atomic E-state index is 0.267. The van der Waals surface area contributed by atoms with Crippen LogP contribution in [0.2, 0.25) is 0 Å². The van der Waals surface area contributed by atoms with Gasteiger partial charge in [0.2, 0.25) is 0 Å². The first-order chi connectivity index (χ1) is 7.75. The molecular weight excluding hydrogens is 214 g/mol. The van der Waals surface area contributed by atoms with Crippen molar-refractivity contribution in [2.75, 3.05) is 6.61 Å². The zero-order valence-corrected chi connectivity index (χ0v) is 11.7. The van der Waals surface area contributed by atoms with Crippen LogP contribution in [-0.4, -0.2) is 24.0 Å². The number of rotatable bonds is 6. The minimum Gasteiger partial charge on any atom is -0.378 e. The maximum atomic E-state index is 12.2. The molecule has 1 unspecified atom stereocenters. The summed E-state index contributed by atoms with van der Waals surface area (Å²) in [5.41, 5.74) is 5.14. The third kappa shape index (κ3) is 3.78. The Morgan fingerprint density at radius 1 is 1.35 bits per heavy atom. The fraction of sp³-hybridized carbons (Fsp3) is 0.929. The standard InChI is InChI=1S/C14H27NO2/c1-13(2,14(3,4)15)12(16)9-5-7-11-8-6-10-17-11/h11H,5-10,15H2,1-4H3. The molecule has 0 saturated carbocycles. The van der Waals surface area contributed by atoms with Gasteiger partial charge in [-0.05, 0) is 39.5 Å². The van der Waals surface area contributed by atoms with Gasteiger partial charge < -0.3 is 10.5 Å². The van der Waals surface area contributed by atoms with Crippen molar-refractivity contribution in [3.05, 3.63) is 0 Å². The average molecular weight is 241 g/mol. The molecule has 1 aliphatic heterocycles. The number of Topliss-reactive ketones (excluding diaryl/α,β-unsaturated/α-hetero) is 1. The summed E-state index contributed by atoms with van der Waals surface area (Å²) in [5.74, 6) is 0.267. The maximum absolute atomic E-state index is 12.2. The Morgan fingerprint density at radius 2 is 2.00 bits per heavy atom. The number of carbonyl (C=O) groups is 1. The molecule has 0 aliphatic carbocycles. The van der Waals surface area contributed by atoms with E-state index in [1.54, 1.807) is 0 Å². The number of ketones is 1. The molecule has 0 amide bonds. The highest BCUT2D eigenvalue weighted by Crippen LogP contribution is 2.31. The van der Waals surface area contributed by atoms with E-state index in [9.17, 15) is 4.79 Å². The molecule has 1 fully saturated rings. The number of nitrogens with two attached hydrogens (primary N) is 1. The van der Waals surface area contributed by atoms with Gasteiger partial charge in [-0.25, -0.2) is 0 Å². The highest BCUT2D eigenvalue weighted by Gasteiger charge is 2.39. The van der Waals surface area contributed by atoms with Gasteiger partial charge in [0.1, 0.15) is 5.78 Å². The number of carbonyl (C=O) groups excluding carboxylic acids is 1. The molecule has 2 N–H and O–H groups in total. The molecule has 1 rings (SSSR count). The minimum atomic E-state index is -0.464. The molecule has 0 aromatic carbocycles. The van der Waals surface area contributed by atoms with Crippen molar-refractivity contribution in [2.24, 2.45) is 11.1 Å². The molecule has 0 radical (unpaired) electrons. The molecule has 0 aromatic heterocycles. The van der Waals surface area contributed by atoms with E-state index in [2.05, 4.69) is 0 Å². The van der Waals surface area contributed by atoms with Crippen LogP contribution in [-0.2, 0) is 9.53 Å². The lowest BCUT2D eigenvalue weighted by Gasteiger charge is -2.37. The molecule has 1 heterocycles. The molecule has 0 aromatic rings. The summed E-state index contributed by atoms with van der Waals surface area (Å²) in [7, 11) is 0. The van der Waals surface area contributed by atoms with Crippen LogP contribution in [0.4, 0.5) is 0 Å². The fourth-order valence-corrected chi connectivity index (χ4v) is 2.03. The van der Waals surface area contributed by atoms with Crippen molar-refractivity contribution in [1.82, 2.24) is 0 Å². The van der Waals surface area contributed by atoms with Gasteiger partial charge in [-0.3, -0.25) is 4.79 Å². The summed E-state index contributed by atoms with van der Waals surface area (Å²) in [4.78, 5) is 12.2. The SMILES string of the molecule is CC(C)(N)C(C)(C)C(=O)CCCC1CCCO1. The normalized spacial score (nSPS) is 21.8. The first-order valence-electron chi connectivity index (χ1n) is 6.69. The van der Waals surface area contributed by atoms with E-state index < -0.39 is 11.0 Å². The second-order valence-electron chi connectivity index (χ2n) is 6.30. The zero-order valence-electron chi connectivity index (χ0n) is 11.7. The van der Waals surface area contributed by atoms with Gasteiger partial charge in [0, 0.05) is 24.0 Å². The Balaban J connectivity index is 2.33. The van der Waals surface area contributed by atoms with E-state index in [4.69, 9.17) is 10.5 Å². The Bertz CT molecular complexity index is 260. The Labute approximate surface area is 105 Å². The lowest BCUT2D eigenvalue weighted by molar-refractivity contribution is -0.130. The van der Waals surface area contributed by atoms with Crippen LogP contribution in [0.25, 0.3) is 0 Å². The second kappa shape index (κ2) is 5.49. The van der Waals surface area contributed by atoms with Crippen LogP contribution in [0.1, 0.15) is 59.8 Å². The van der Waals surface area contributed by atoms with E-state index in [0.29, 0.717) is 12.5 Å². The molecule has 0 spiro atoms. The molecule has 3 nitrogen and oxygen atoms in total. The van der Waals surface area contributed by atoms with Crippen molar-refractivity contribution in [3.63, 3.8) is 0 Å². The van der Waals surface area contributed by atoms with Crippen LogP contribution in [0.3, 0.4) is 0 Å². The highest BCUT2D eigenvalue weighted by molar-refractivity contribution is 5.85. The van der Waals surface area contributed by atoms with Gasteiger partial charge in [0.15, 0.2) is 0 Å². The largest absolute Gasteiger partial charge is 0.378 e. The fourth-order valence-electron chi connectivity index (χ4n) is 2.03. The summed E-state index contributed by atoms with van der Waals surface area (Å²) in [6, 6.07) is 0. The molecule has 17 heavy (non-hydrogen) atoms. The van der Waals surface area contributed by atoms with Crippen molar-refractivity contribution in [2.45, 2.75) is 71.4 Å². The Morgan fingerprint density at radius 3 is 2.47 bits per heavy atom. The van der Waals surface area contributed by atoms with Crippen molar-refractivity contribution < 1.29 is 9.53 Å². The van der Waals surface area contributed by atoms with Gasteiger partial charge in [0.25, 0.3) is 0 Å². The third-order valence-corrected chi connectivity index (χ3v) is 4.26. The summed E-state index contributed by atoms with van der Waals surface area (Å²) in [6.07, 6.45) is 5.25. The van der Waals surface area contributed by atoms with Gasteiger partial charge in [-0.2, -0.15) is 0 Å². The van der Waals surface area contributed by atoms with E-state index in [1.165, 1.54) is 6.42 Å². The topological polar surface area (TPSA) is 52.3 Å². The summed E-state index contributed by atoms with van der Waals surface area (Å²) in [6.45, 7) is 8.62. The molecular formula is C14H27NO2. The monoisotopic (exact) mass is 241 g/mol. The van der Waals surface area contributed by atoms with Crippen LogP contribution in [0, 0.1) is 5.41 Å². The summed E-state index contributed by atoms with van der Waals surface area (Å²) >= 11 is 0. The van der Waals surface area contributed by atoms with Gasteiger partial charge >= 0.3 is 0 Å². The van der Waals surface area contributed by atoms with Crippen LogP contribution in [0.5, 0.6) is 0 Å². The molecule has 0 bridgehead atoms. The molecule has 100 valence electrons. The number of hydrogen-bond donors (Lipinski definition) is 1. The molecule has 1 aliphatic rings.